The molecule has 6 heteroatoms. The first-order valence-corrected chi connectivity index (χ1v) is 9.77. The molecule has 1 amide bonds. The number of hydrogen-bond donors (Lipinski definition) is 0. The van der Waals surface area contributed by atoms with Gasteiger partial charge in [0.2, 0.25) is 5.91 Å². The van der Waals surface area contributed by atoms with Crippen LogP contribution >= 0.6 is 11.6 Å². The number of nitrogens with zero attached hydrogens (tertiary/aromatic N) is 1. The summed E-state index contributed by atoms with van der Waals surface area (Å²) in [6, 6.07) is 15.7. The Hall–Kier alpha value is -1.85. The topological polar surface area (TPSA) is 54.5 Å². The Morgan fingerprint density at radius 3 is 2.38 bits per heavy atom. The number of halogens is 1. The van der Waals surface area contributed by atoms with Crippen molar-refractivity contribution in [3.8, 4) is 0 Å². The van der Waals surface area contributed by atoms with Crippen LogP contribution in [0.1, 0.15) is 19.4 Å². The van der Waals surface area contributed by atoms with Crippen molar-refractivity contribution in [1.82, 2.24) is 0 Å². The van der Waals surface area contributed by atoms with Gasteiger partial charge in [-0.15, -0.1) is 0 Å². The molecule has 0 radical (unpaired) electrons. The first-order valence-electron chi connectivity index (χ1n) is 7.67. The maximum Gasteiger partial charge on any atom is 0.245 e. The number of hydrogen-bond acceptors (Lipinski definition) is 3. The summed E-state index contributed by atoms with van der Waals surface area (Å²) >= 11 is 5.90. The SMILES string of the molecule is CCN(C(=O)C(C)S(=O)(=O)Cc1cccc(Cl)c1)c1ccccc1. The summed E-state index contributed by atoms with van der Waals surface area (Å²) in [5.74, 6) is -0.641. The van der Waals surface area contributed by atoms with E-state index in [1.54, 1.807) is 36.4 Å². The highest BCUT2D eigenvalue weighted by Crippen LogP contribution is 2.20. The number of carbonyl (C=O) groups is 1. The van der Waals surface area contributed by atoms with E-state index in [0.29, 0.717) is 22.8 Å². The van der Waals surface area contributed by atoms with Gasteiger partial charge < -0.3 is 4.90 Å². The molecule has 0 bridgehead atoms. The lowest BCUT2D eigenvalue weighted by atomic mass is 10.2. The molecule has 0 aliphatic heterocycles. The number of amides is 1. The van der Waals surface area contributed by atoms with Crippen molar-refractivity contribution in [1.29, 1.82) is 0 Å². The standard InChI is InChI=1S/C18H20ClNO3S/c1-3-20(17-10-5-4-6-11-17)18(21)14(2)24(22,23)13-15-8-7-9-16(19)12-15/h4-12,14H,3,13H2,1-2H3. The van der Waals surface area contributed by atoms with E-state index in [0.717, 1.165) is 0 Å². The van der Waals surface area contributed by atoms with Crippen LogP contribution < -0.4 is 4.90 Å². The molecule has 0 aliphatic carbocycles. The van der Waals surface area contributed by atoms with Gasteiger partial charge >= 0.3 is 0 Å². The number of para-hydroxylation sites is 1. The zero-order chi connectivity index (χ0) is 17.7. The number of rotatable bonds is 6. The summed E-state index contributed by atoms with van der Waals surface area (Å²) in [7, 11) is -3.64. The van der Waals surface area contributed by atoms with Crippen LogP contribution in [0.3, 0.4) is 0 Å². The summed E-state index contributed by atoms with van der Waals surface area (Å²) in [6.07, 6.45) is 0. The molecular weight excluding hydrogens is 346 g/mol. The monoisotopic (exact) mass is 365 g/mol. The smallest absolute Gasteiger partial charge is 0.245 e. The average Bonchev–Trinajstić information content (AvgIpc) is 2.55. The van der Waals surface area contributed by atoms with Crippen molar-refractivity contribution in [3.63, 3.8) is 0 Å². The second kappa shape index (κ2) is 7.81. The first kappa shape index (κ1) is 18.5. The van der Waals surface area contributed by atoms with E-state index >= 15 is 0 Å². The largest absolute Gasteiger partial charge is 0.312 e. The zero-order valence-corrected chi connectivity index (χ0v) is 15.2. The van der Waals surface area contributed by atoms with Crippen LogP contribution in [0, 0.1) is 0 Å². The highest BCUT2D eigenvalue weighted by atomic mass is 35.5. The molecule has 0 N–H and O–H groups in total. The molecule has 1 atom stereocenters. The van der Waals surface area contributed by atoms with Crippen LogP contribution in [0.15, 0.2) is 54.6 Å². The van der Waals surface area contributed by atoms with Crippen molar-refractivity contribution < 1.29 is 13.2 Å². The molecule has 2 aromatic rings. The molecule has 0 fully saturated rings. The molecule has 0 saturated carbocycles. The average molecular weight is 366 g/mol. The molecule has 0 spiro atoms. The predicted octanol–water partition coefficient (Wildman–Crippen LogP) is 3.70. The summed E-state index contributed by atoms with van der Waals surface area (Å²) in [5, 5.41) is -0.655. The van der Waals surface area contributed by atoms with Gasteiger partial charge in [0.1, 0.15) is 5.25 Å². The summed E-state index contributed by atoms with van der Waals surface area (Å²) in [4.78, 5) is 14.2. The van der Waals surface area contributed by atoms with Gasteiger partial charge in [-0.05, 0) is 43.7 Å². The van der Waals surface area contributed by atoms with E-state index in [4.69, 9.17) is 11.6 Å². The minimum Gasteiger partial charge on any atom is -0.312 e. The quantitative estimate of drug-likeness (QED) is 0.784. The van der Waals surface area contributed by atoms with Crippen LogP contribution in [0.5, 0.6) is 0 Å². The first-order chi connectivity index (χ1) is 11.3. The Balaban J connectivity index is 2.22. The van der Waals surface area contributed by atoms with Gasteiger partial charge in [-0.2, -0.15) is 0 Å². The molecule has 0 saturated heterocycles. The summed E-state index contributed by atoms with van der Waals surface area (Å²) < 4.78 is 25.2. The fraction of sp³-hybridized carbons (Fsp3) is 0.278. The zero-order valence-electron chi connectivity index (χ0n) is 13.6. The van der Waals surface area contributed by atoms with Gasteiger partial charge in [0.15, 0.2) is 9.84 Å². The fourth-order valence-electron chi connectivity index (χ4n) is 2.43. The molecule has 2 aromatic carbocycles. The number of sulfone groups is 1. The summed E-state index contributed by atoms with van der Waals surface area (Å²) in [5.41, 5.74) is 1.26. The van der Waals surface area contributed by atoms with Crippen LogP contribution in [0.4, 0.5) is 5.69 Å². The van der Waals surface area contributed by atoms with Crippen molar-refractivity contribution >= 4 is 33.0 Å². The van der Waals surface area contributed by atoms with E-state index in [1.165, 1.54) is 11.8 Å². The van der Waals surface area contributed by atoms with Crippen LogP contribution in [0.2, 0.25) is 5.02 Å². The third-order valence-electron chi connectivity index (χ3n) is 3.79. The van der Waals surface area contributed by atoms with Crippen LogP contribution in [-0.2, 0) is 20.4 Å². The van der Waals surface area contributed by atoms with Crippen molar-refractivity contribution in [3.05, 3.63) is 65.2 Å². The molecule has 0 heterocycles. The summed E-state index contributed by atoms with van der Waals surface area (Å²) in [6.45, 7) is 3.66. The predicted molar refractivity (Wildman–Crippen MR) is 98.0 cm³/mol. The Morgan fingerprint density at radius 2 is 1.79 bits per heavy atom. The van der Waals surface area contributed by atoms with Crippen LogP contribution in [0.25, 0.3) is 0 Å². The van der Waals surface area contributed by atoms with Gasteiger partial charge in [-0.1, -0.05) is 41.9 Å². The third-order valence-corrected chi connectivity index (χ3v) is 6.04. The third kappa shape index (κ3) is 4.36. The lowest BCUT2D eigenvalue weighted by molar-refractivity contribution is -0.117. The second-order valence-corrected chi connectivity index (χ2v) is 8.26. The van der Waals surface area contributed by atoms with Gasteiger partial charge in [0, 0.05) is 17.3 Å². The van der Waals surface area contributed by atoms with Gasteiger partial charge in [-0.25, -0.2) is 8.42 Å². The highest BCUT2D eigenvalue weighted by molar-refractivity contribution is 7.92. The van der Waals surface area contributed by atoms with Gasteiger partial charge in [0.25, 0.3) is 0 Å². The molecule has 2 rings (SSSR count). The van der Waals surface area contributed by atoms with Crippen molar-refractivity contribution in [2.45, 2.75) is 24.9 Å². The molecule has 24 heavy (non-hydrogen) atoms. The van der Waals surface area contributed by atoms with E-state index in [-0.39, 0.29) is 5.75 Å². The van der Waals surface area contributed by atoms with Gasteiger partial charge in [-0.3, -0.25) is 4.79 Å². The molecule has 4 nitrogen and oxygen atoms in total. The molecular formula is C18H20ClNO3S. The maximum absolute atomic E-state index is 12.7. The van der Waals surface area contributed by atoms with E-state index in [1.807, 2.05) is 25.1 Å². The maximum atomic E-state index is 12.7. The molecule has 128 valence electrons. The number of benzene rings is 2. The fourth-order valence-corrected chi connectivity index (χ4v) is 3.97. The van der Waals surface area contributed by atoms with Crippen molar-refractivity contribution in [2.75, 3.05) is 11.4 Å². The van der Waals surface area contributed by atoms with Crippen LogP contribution in [-0.4, -0.2) is 26.1 Å². The van der Waals surface area contributed by atoms with E-state index < -0.39 is 21.0 Å². The normalized spacial score (nSPS) is 12.6. The molecule has 1 unspecified atom stereocenters. The van der Waals surface area contributed by atoms with Gasteiger partial charge in [0.05, 0.1) is 5.75 Å². The lowest BCUT2D eigenvalue weighted by Crippen LogP contribution is -2.42. The molecule has 0 aromatic heterocycles. The number of carbonyl (C=O) groups excluding carboxylic acids is 1. The Morgan fingerprint density at radius 1 is 1.12 bits per heavy atom. The molecule has 0 aliphatic rings. The lowest BCUT2D eigenvalue weighted by Gasteiger charge is -2.24. The van der Waals surface area contributed by atoms with E-state index in [2.05, 4.69) is 0 Å². The second-order valence-electron chi connectivity index (χ2n) is 5.50. The Kier molecular flexibility index (Phi) is 6.02. The Labute approximate surface area is 148 Å². The number of anilines is 1. The Bertz CT molecular complexity index is 806. The van der Waals surface area contributed by atoms with E-state index in [9.17, 15) is 13.2 Å². The minimum atomic E-state index is -3.64. The minimum absolute atomic E-state index is 0.215. The highest BCUT2D eigenvalue weighted by Gasteiger charge is 2.31. The van der Waals surface area contributed by atoms with Crippen molar-refractivity contribution in [2.24, 2.45) is 0 Å².